The van der Waals surface area contributed by atoms with Crippen molar-refractivity contribution in [1.82, 2.24) is 15.0 Å². The predicted molar refractivity (Wildman–Crippen MR) is 78.7 cm³/mol. The van der Waals surface area contributed by atoms with Crippen LogP contribution in [0.5, 0.6) is 11.8 Å². The van der Waals surface area contributed by atoms with Gasteiger partial charge in [0.05, 0.1) is 25.5 Å². The molecule has 1 fully saturated rings. The highest BCUT2D eigenvalue weighted by atomic mass is 16.5. The molecule has 2 aromatic rings. The third-order valence-electron chi connectivity index (χ3n) is 3.29. The van der Waals surface area contributed by atoms with Gasteiger partial charge in [-0.2, -0.15) is 4.98 Å². The summed E-state index contributed by atoms with van der Waals surface area (Å²) < 4.78 is 11.3. The monoisotopic (exact) mass is 286 g/mol. The van der Waals surface area contributed by atoms with Crippen LogP contribution in [-0.2, 0) is 0 Å². The highest BCUT2D eigenvalue weighted by molar-refractivity contribution is 5.39. The van der Waals surface area contributed by atoms with Gasteiger partial charge in [-0.1, -0.05) is 6.07 Å². The fraction of sp³-hybridized carbons (Fsp3) is 0.400. The number of hydrogen-bond donors (Lipinski definition) is 0. The van der Waals surface area contributed by atoms with E-state index >= 15 is 0 Å². The third-order valence-corrected chi connectivity index (χ3v) is 3.29. The van der Waals surface area contributed by atoms with Crippen LogP contribution in [0, 0.1) is 0 Å². The van der Waals surface area contributed by atoms with Crippen molar-refractivity contribution in [3.05, 3.63) is 36.8 Å². The number of nitrogens with zero attached hydrogens (tertiary/aromatic N) is 4. The Balaban J connectivity index is 1.63. The Kier molecular flexibility index (Phi) is 4.14. The van der Waals surface area contributed by atoms with E-state index < -0.39 is 0 Å². The molecular formula is C15H18N4O2. The molecule has 0 bridgehead atoms. The van der Waals surface area contributed by atoms with Gasteiger partial charge in [0.15, 0.2) is 5.82 Å². The second-order valence-electron chi connectivity index (χ2n) is 4.79. The van der Waals surface area contributed by atoms with Gasteiger partial charge in [-0.3, -0.25) is 4.98 Å². The van der Waals surface area contributed by atoms with E-state index in [1.165, 1.54) is 0 Å². The van der Waals surface area contributed by atoms with Crippen LogP contribution in [0.25, 0.3) is 0 Å². The van der Waals surface area contributed by atoms with Crippen molar-refractivity contribution in [2.75, 3.05) is 24.6 Å². The third kappa shape index (κ3) is 3.39. The lowest BCUT2D eigenvalue weighted by Gasteiger charge is -2.17. The van der Waals surface area contributed by atoms with Crippen LogP contribution in [0.3, 0.4) is 0 Å². The largest absolute Gasteiger partial charge is 0.477 e. The Labute approximate surface area is 123 Å². The lowest BCUT2D eigenvalue weighted by molar-refractivity contribution is 0.216. The Morgan fingerprint density at radius 2 is 2.24 bits per heavy atom. The summed E-state index contributed by atoms with van der Waals surface area (Å²) in [7, 11) is 0. The molecule has 2 aromatic heterocycles. The molecular weight excluding hydrogens is 268 g/mol. The molecule has 21 heavy (non-hydrogen) atoms. The van der Waals surface area contributed by atoms with Gasteiger partial charge in [-0.25, -0.2) is 4.98 Å². The first-order valence-corrected chi connectivity index (χ1v) is 7.12. The molecule has 1 unspecified atom stereocenters. The Morgan fingerprint density at radius 3 is 3.05 bits per heavy atom. The number of aromatic nitrogens is 3. The summed E-state index contributed by atoms with van der Waals surface area (Å²) in [5, 5.41) is 0. The minimum Gasteiger partial charge on any atom is -0.477 e. The molecule has 1 saturated heterocycles. The van der Waals surface area contributed by atoms with E-state index in [2.05, 4.69) is 19.9 Å². The Bertz CT molecular complexity index is 579. The average Bonchev–Trinajstić information content (AvgIpc) is 2.97. The smallest absolute Gasteiger partial charge is 0.234 e. The molecule has 0 spiro atoms. The molecule has 1 atom stereocenters. The van der Waals surface area contributed by atoms with Gasteiger partial charge in [0, 0.05) is 25.2 Å². The van der Waals surface area contributed by atoms with Crippen LogP contribution in [-0.4, -0.2) is 40.8 Å². The molecule has 110 valence electrons. The molecule has 0 radical (unpaired) electrons. The molecule has 0 aliphatic carbocycles. The highest BCUT2D eigenvalue weighted by Gasteiger charge is 2.25. The van der Waals surface area contributed by atoms with E-state index in [1.54, 1.807) is 18.6 Å². The standard InChI is InChI=1S/C15H18N4O2/c1-2-20-15-10-16-9-13(18-15)19-8-6-12(11-19)21-14-5-3-4-7-17-14/h3-5,7,9-10,12H,2,6,8,11H2,1H3. The van der Waals surface area contributed by atoms with Gasteiger partial charge in [-0.05, 0) is 13.0 Å². The fourth-order valence-corrected chi connectivity index (χ4v) is 2.33. The average molecular weight is 286 g/mol. The first kappa shape index (κ1) is 13.6. The van der Waals surface area contributed by atoms with Crippen molar-refractivity contribution in [3.8, 4) is 11.8 Å². The molecule has 6 nitrogen and oxygen atoms in total. The zero-order chi connectivity index (χ0) is 14.5. The Hall–Kier alpha value is -2.37. The van der Waals surface area contributed by atoms with Gasteiger partial charge in [0.25, 0.3) is 0 Å². The number of rotatable bonds is 5. The van der Waals surface area contributed by atoms with Crippen LogP contribution in [0.2, 0.25) is 0 Å². The van der Waals surface area contributed by atoms with Gasteiger partial charge in [0.1, 0.15) is 6.10 Å². The maximum absolute atomic E-state index is 5.87. The zero-order valence-corrected chi connectivity index (χ0v) is 12.0. The summed E-state index contributed by atoms with van der Waals surface area (Å²) in [6, 6.07) is 5.67. The lowest BCUT2D eigenvalue weighted by Crippen LogP contribution is -2.25. The molecule has 0 N–H and O–H groups in total. The maximum Gasteiger partial charge on any atom is 0.234 e. The topological polar surface area (TPSA) is 60.4 Å². The van der Waals surface area contributed by atoms with E-state index in [-0.39, 0.29) is 6.10 Å². The first-order valence-electron chi connectivity index (χ1n) is 7.12. The maximum atomic E-state index is 5.87. The molecule has 3 heterocycles. The molecule has 1 aliphatic rings. The molecule has 1 aliphatic heterocycles. The summed E-state index contributed by atoms with van der Waals surface area (Å²) in [5.74, 6) is 2.05. The number of anilines is 1. The van der Waals surface area contributed by atoms with E-state index in [4.69, 9.17) is 9.47 Å². The summed E-state index contributed by atoms with van der Waals surface area (Å²) in [4.78, 5) is 15.0. The molecule has 0 amide bonds. The van der Waals surface area contributed by atoms with Crippen molar-refractivity contribution < 1.29 is 9.47 Å². The minimum absolute atomic E-state index is 0.123. The van der Waals surface area contributed by atoms with Crippen molar-refractivity contribution in [1.29, 1.82) is 0 Å². The van der Waals surface area contributed by atoms with Crippen molar-refractivity contribution in [2.45, 2.75) is 19.4 Å². The first-order chi connectivity index (χ1) is 10.3. The molecule has 3 rings (SSSR count). The summed E-state index contributed by atoms with van der Waals surface area (Å²) in [6.45, 7) is 4.19. The quantitative estimate of drug-likeness (QED) is 0.837. The van der Waals surface area contributed by atoms with Crippen molar-refractivity contribution in [3.63, 3.8) is 0 Å². The predicted octanol–water partition coefficient (Wildman–Crippen LogP) is 1.93. The van der Waals surface area contributed by atoms with Crippen LogP contribution >= 0.6 is 0 Å². The van der Waals surface area contributed by atoms with Gasteiger partial charge < -0.3 is 14.4 Å². The fourth-order valence-electron chi connectivity index (χ4n) is 2.33. The molecule has 6 heteroatoms. The molecule has 0 saturated carbocycles. The SMILES string of the molecule is CCOc1cncc(N2CCC(Oc3ccccn3)C2)n1. The van der Waals surface area contributed by atoms with E-state index in [0.29, 0.717) is 18.4 Å². The summed E-state index contributed by atoms with van der Waals surface area (Å²) >= 11 is 0. The summed E-state index contributed by atoms with van der Waals surface area (Å²) in [6.07, 6.45) is 6.18. The van der Waals surface area contributed by atoms with Crippen LogP contribution in [0.1, 0.15) is 13.3 Å². The second-order valence-corrected chi connectivity index (χ2v) is 4.79. The summed E-state index contributed by atoms with van der Waals surface area (Å²) in [5.41, 5.74) is 0. The Morgan fingerprint density at radius 1 is 1.29 bits per heavy atom. The van der Waals surface area contributed by atoms with Crippen LogP contribution in [0.4, 0.5) is 5.82 Å². The zero-order valence-electron chi connectivity index (χ0n) is 12.0. The normalized spacial score (nSPS) is 17.8. The van der Waals surface area contributed by atoms with E-state index in [1.807, 2.05) is 25.1 Å². The highest BCUT2D eigenvalue weighted by Crippen LogP contribution is 2.22. The van der Waals surface area contributed by atoms with Gasteiger partial charge >= 0.3 is 0 Å². The lowest BCUT2D eigenvalue weighted by atomic mass is 10.3. The van der Waals surface area contributed by atoms with Crippen molar-refractivity contribution in [2.24, 2.45) is 0 Å². The van der Waals surface area contributed by atoms with E-state index in [9.17, 15) is 0 Å². The number of hydrogen-bond acceptors (Lipinski definition) is 6. The second kappa shape index (κ2) is 6.39. The number of pyridine rings is 1. The number of ether oxygens (including phenoxy) is 2. The van der Waals surface area contributed by atoms with Crippen LogP contribution < -0.4 is 14.4 Å². The van der Waals surface area contributed by atoms with Crippen molar-refractivity contribution >= 4 is 5.82 Å². The van der Waals surface area contributed by atoms with Gasteiger partial charge in [-0.15, -0.1) is 0 Å². The minimum atomic E-state index is 0.123. The van der Waals surface area contributed by atoms with Gasteiger partial charge in [0.2, 0.25) is 11.8 Å². The van der Waals surface area contributed by atoms with E-state index in [0.717, 1.165) is 25.3 Å². The van der Waals surface area contributed by atoms with Crippen LogP contribution in [0.15, 0.2) is 36.8 Å². The molecule has 0 aromatic carbocycles.